The molecular formula is C25H28N4O4S. The summed E-state index contributed by atoms with van der Waals surface area (Å²) in [6.45, 7) is 3.29. The van der Waals surface area contributed by atoms with Gasteiger partial charge in [-0.3, -0.25) is 14.2 Å². The molecule has 34 heavy (non-hydrogen) atoms. The lowest BCUT2D eigenvalue weighted by Gasteiger charge is -2.30. The molecule has 1 fully saturated rings. The van der Waals surface area contributed by atoms with Gasteiger partial charge in [-0.05, 0) is 31.9 Å². The van der Waals surface area contributed by atoms with Crippen molar-refractivity contribution in [3.63, 3.8) is 0 Å². The second-order valence-electron chi connectivity index (χ2n) is 7.88. The molecule has 0 saturated carbocycles. The predicted octanol–water partition coefficient (Wildman–Crippen LogP) is 3.84. The predicted molar refractivity (Wildman–Crippen MR) is 130 cm³/mol. The van der Waals surface area contributed by atoms with Crippen LogP contribution in [-0.2, 0) is 14.3 Å². The van der Waals surface area contributed by atoms with Gasteiger partial charge in [0.1, 0.15) is 5.75 Å². The van der Waals surface area contributed by atoms with E-state index in [1.54, 1.807) is 14.0 Å². The van der Waals surface area contributed by atoms with Crippen molar-refractivity contribution in [2.45, 2.75) is 24.9 Å². The maximum atomic E-state index is 12.9. The number of hydrogen-bond acceptors (Lipinski definition) is 7. The number of carbonyl (C=O) groups is 2. The van der Waals surface area contributed by atoms with Gasteiger partial charge in [-0.1, -0.05) is 54.2 Å². The summed E-state index contributed by atoms with van der Waals surface area (Å²) in [4.78, 5) is 26.7. The van der Waals surface area contributed by atoms with Crippen LogP contribution in [0.3, 0.4) is 0 Å². The summed E-state index contributed by atoms with van der Waals surface area (Å²) in [6, 6.07) is 17.5. The van der Waals surface area contributed by atoms with Gasteiger partial charge in [-0.2, -0.15) is 0 Å². The molecule has 3 aromatic rings. The molecule has 2 aromatic carbocycles. The van der Waals surface area contributed by atoms with E-state index in [2.05, 4.69) is 10.2 Å². The summed E-state index contributed by atoms with van der Waals surface area (Å²) in [6.07, 6.45) is 1.26. The molecule has 4 rings (SSSR count). The Kier molecular flexibility index (Phi) is 7.84. The number of benzene rings is 2. The Morgan fingerprint density at radius 1 is 1.03 bits per heavy atom. The molecule has 1 aliphatic rings. The van der Waals surface area contributed by atoms with Crippen molar-refractivity contribution in [3.8, 4) is 22.8 Å². The van der Waals surface area contributed by atoms with Crippen LogP contribution in [-0.4, -0.2) is 64.1 Å². The van der Waals surface area contributed by atoms with Crippen LogP contribution in [0.4, 0.5) is 0 Å². The van der Waals surface area contributed by atoms with Gasteiger partial charge in [-0.25, -0.2) is 0 Å². The number of methoxy groups -OCH3 is 1. The highest BCUT2D eigenvalue weighted by molar-refractivity contribution is 7.99. The number of hydrogen-bond donors (Lipinski definition) is 0. The number of thioether (sulfide) groups is 1. The Morgan fingerprint density at radius 3 is 2.44 bits per heavy atom. The summed E-state index contributed by atoms with van der Waals surface area (Å²) >= 11 is 1.34. The first-order valence-electron chi connectivity index (χ1n) is 11.3. The number of esters is 1. The molecule has 0 spiro atoms. The van der Waals surface area contributed by atoms with E-state index in [4.69, 9.17) is 9.47 Å². The fourth-order valence-corrected chi connectivity index (χ4v) is 4.86. The minimum absolute atomic E-state index is 0.0168. The third-order valence-electron chi connectivity index (χ3n) is 5.78. The smallest absolute Gasteiger partial charge is 0.309 e. The Bertz CT molecular complexity index is 1130. The van der Waals surface area contributed by atoms with Gasteiger partial charge in [0, 0.05) is 18.7 Å². The molecule has 2 heterocycles. The third kappa shape index (κ3) is 5.25. The first kappa shape index (κ1) is 23.8. The number of rotatable bonds is 8. The quantitative estimate of drug-likeness (QED) is 0.358. The van der Waals surface area contributed by atoms with E-state index in [-0.39, 0.29) is 23.5 Å². The molecule has 0 radical (unpaired) electrons. The molecule has 1 aliphatic heterocycles. The number of likely N-dealkylation sites (tertiary alicyclic amines) is 1. The number of ether oxygens (including phenoxy) is 2. The first-order chi connectivity index (χ1) is 16.6. The van der Waals surface area contributed by atoms with Crippen LogP contribution in [0.25, 0.3) is 17.1 Å². The van der Waals surface area contributed by atoms with Gasteiger partial charge in [0.05, 0.1) is 31.1 Å². The highest BCUT2D eigenvalue weighted by Gasteiger charge is 2.28. The summed E-state index contributed by atoms with van der Waals surface area (Å²) in [5, 5.41) is 9.45. The van der Waals surface area contributed by atoms with Gasteiger partial charge in [0.25, 0.3) is 0 Å². The first-order valence-corrected chi connectivity index (χ1v) is 12.3. The van der Waals surface area contributed by atoms with Crippen molar-refractivity contribution in [3.05, 3.63) is 54.6 Å². The standard InChI is InChI=1S/C25H28N4O4S/c1-3-33-24(31)19-13-15-28(16-14-19)22(30)17-34-25-27-26-23(18-9-5-4-6-10-18)29(25)20-11-7-8-12-21(20)32-2/h4-12,19H,3,13-17H2,1-2H3. The molecule has 1 aromatic heterocycles. The normalized spacial score (nSPS) is 14.1. The highest BCUT2D eigenvalue weighted by Crippen LogP contribution is 2.32. The monoisotopic (exact) mass is 480 g/mol. The van der Waals surface area contributed by atoms with E-state index in [9.17, 15) is 9.59 Å². The molecule has 0 N–H and O–H groups in total. The molecular weight excluding hydrogens is 452 g/mol. The summed E-state index contributed by atoms with van der Waals surface area (Å²) in [5.41, 5.74) is 1.72. The second-order valence-corrected chi connectivity index (χ2v) is 8.82. The van der Waals surface area contributed by atoms with E-state index in [0.29, 0.717) is 49.3 Å². The summed E-state index contributed by atoms with van der Waals surface area (Å²) in [5.74, 6) is 1.32. The summed E-state index contributed by atoms with van der Waals surface area (Å²) in [7, 11) is 1.63. The lowest BCUT2D eigenvalue weighted by Crippen LogP contribution is -2.41. The third-order valence-corrected chi connectivity index (χ3v) is 6.70. The van der Waals surface area contributed by atoms with E-state index in [1.807, 2.05) is 64.1 Å². The van der Waals surface area contributed by atoms with Gasteiger partial charge in [0.15, 0.2) is 11.0 Å². The van der Waals surface area contributed by atoms with Crippen LogP contribution in [0.2, 0.25) is 0 Å². The lowest BCUT2D eigenvalue weighted by atomic mass is 9.97. The van der Waals surface area contributed by atoms with Crippen molar-refractivity contribution < 1.29 is 19.1 Å². The number of para-hydroxylation sites is 2. The van der Waals surface area contributed by atoms with Crippen molar-refractivity contribution in [2.24, 2.45) is 5.92 Å². The van der Waals surface area contributed by atoms with Gasteiger partial charge >= 0.3 is 5.97 Å². The second kappa shape index (κ2) is 11.2. The van der Waals surface area contributed by atoms with Crippen LogP contribution in [0, 0.1) is 5.92 Å². The van der Waals surface area contributed by atoms with Crippen LogP contribution < -0.4 is 4.74 Å². The molecule has 0 bridgehead atoms. The van der Waals surface area contributed by atoms with Crippen LogP contribution >= 0.6 is 11.8 Å². The van der Waals surface area contributed by atoms with Crippen molar-refractivity contribution >= 4 is 23.6 Å². The topological polar surface area (TPSA) is 86.5 Å². The molecule has 0 aliphatic carbocycles. The molecule has 0 unspecified atom stereocenters. The highest BCUT2D eigenvalue weighted by atomic mass is 32.2. The zero-order valence-electron chi connectivity index (χ0n) is 19.3. The number of carbonyl (C=O) groups excluding carboxylic acids is 2. The largest absolute Gasteiger partial charge is 0.495 e. The average Bonchev–Trinajstić information content (AvgIpc) is 3.31. The fourth-order valence-electron chi connectivity index (χ4n) is 4.01. The summed E-state index contributed by atoms with van der Waals surface area (Å²) < 4.78 is 12.6. The van der Waals surface area contributed by atoms with E-state index in [0.717, 1.165) is 11.3 Å². The average molecular weight is 481 g/mol. The van der Waals surface area contributed by atoms with E-state index in [1.165, 1.54) is 11.8 Å². The number of piperidine rings is 1. The number of aromatic nitrogens is 3. The van der Waals surface area contributed by atoms with E-state index < -0.39 is 0 Å². The molecule has 1 amide bonds. The Morgan fingerprint density at radius 2 is 1.74 bits per heavy atom. The minimum atomic E-state index is -0.165. The molecule has 9 heteroatoms. The maximum Gasteiger partial charge on any atom is 0.309 e. The van der Waals surface area contributed by atoms with Crippen LogP contribution in [0.5, 0.6) is 5.75 Å². The fraction of sp³-hybridized carbons (Fsp3) is 0.360. The number of amides is 1. The lowest BCUT2D eigenvalue weighted by molar-refractivity contribution is -0.151. The zero-order valence-corrected chi connectivity index (χ0v) is 20.2. The molecule has 178 valence electrons. The molecule has 8 nitrogen and oxygen atoms in total. The van der Waals surface area contributed by atoms with Gasteiger partial charge in [-0.15, -0.1) is 10.2 Å². The zero-order chi connectivity index (χ0) is 23.9. The van der Waals surface area contributed by atoms with Crippen LogP contribution in [0.1, 0.15) is 19.8 Å². The van der Waals surface area contributed by atoms with Crippen molar-refractivity contribution in [1.82, 2.24) is 19.7 Å². The van der Waals surface area contributed by atoms with Crippen LogP contribution in [0.15, 0.2) is 59.8 Å². The van der Waals surface area contributed by atoms with Crippen molar-refractivity contribution in [2.75, 3.05) is 32.6 Å². The Labute approximate surface area is 203 Å². The SMILES string of the molecule is CCOC(=O)C1CCN(C(=O)CSc2nnc(-c3ccccc3)n2-c2ccccc2OC)CC1. The molecule has 0 atom stereocenters. The Balaban J connectivity index is 1.51. The van der Waals surface area contributed by atoms with E-state index >= 15 is 0 Å². The maximum absolute atomic E-state index is 12.9. The van der Waals surface area contributed by atoms with Gasteiger partial charge < -0.3 is 14.4 Å². The number of nitrogens with zero attached hydrogens (tertiary/aromatic N) is 4. The Hall–Kier alpha value is -3.33. The van der Waals surface area contributed by atoms with Gasteiger partial charge in [0.2, 0.25) is 5.91 Å². The minimum Gasteiger partial charge on any atom is -0.495 e. The van der Waals surface area contributed by atoms with Crippen molar-refractivity contribution in [1.29, 1.82) is 0 Å². The molecule has 1 saturated heterocycles.